The smallest absolute Gasteiger partial charge is 0.271 e. The number of hydrogen-bond acceptors (Lipinski definition) is 7. The molecule has 0 aliphatic carbocycles. The molecule has 4 heterocycles. The molecule has 1 amide bonds. The lowest BCUT2D eigenvalue weighted by Gasteiger charge is -2.33. The van der Waals surface area contributed by atoms with Crippen molar-refractivity contribution in [3.63, 3.8) is 0 Å². The van der Waals surface area contributed by atoms with Gasteiger partial charge in [0.1, 0.15) is 17.8 Å². The number of anilines is 1. The van der Waals surface area contributed by atoms with Crippen molar-refractivity contribution in [3.8, 4) is 0 Å². The Morgan fingerprint density at radius 2 is 2.19 bits per heavy atom. The Kier molecular flexibility index (Phi) is 4.42. The van der Waals surface area contributed by atoms with Gasteiger partial charge in [-0.05, 0) is 25.7 Å². The van der Waals surface area contributed by atoms with Crippen molar-refractivity contribution in [1.29, 1.82) is 0 Å². The van der Waals surface area contributed by atoms with Crippen LogP contribution in [-0.2, 0) is 0 Å². The first-order chi connectivity index (χ1) is 12.7. The molecule has 1 aliphatic heterocycles. The first-order valence-electron chi connectivity index (χ1n) is 8.66. The summed E-state index contributed by atoms with van der Waals surface area (Å²) in [6, 6.07) is 0. The Labute approximate surface area is 150 Å². The second kappa shape index (κ2) is 7.03. The molecular weight excluding hydrogens is 332 g/mol. The van der Waals surface area contributed by atoms with Gasteiger partial charge in [-0.15, -0.1) is 0 Å². The number of fused-ring (bicyclic) bond motifs is 1. The summed E-state index contributed by atoms with van der Waals surface area (Å²) in [5, 5.41) is 10.8. The van der Waals surface area contributed by atoms with E-state index < -0.39 is 0 Å². The number of rotatable bonds is 4. The van der Waals surface area contributed by atoms with Gasteiger partial charge in [-0.2, -0.15) is 5.10 Å². The maximum absolute atomic E-state index is 12.2. The summed E-state index contributed by atoms with van der Waals surface area (Å²) < 4.78 is 0. The molecule has 2 N–H and O–H groups in total. The first kappa shape index (κ1) is 16.4. The molecule has 134 valence electrons. The van der Waals surface area contributed by atoms with Crippen LogP contribution in [0.1, 0.15) is 29.0 Å². The largest absolute Gasteiger partial charge is 0.356 e. The molecule has 0 spiro atoms. The van der Waals surface area contributed by atoms with Crippen molar-refractivity contribution in [2.24, 2.45) is 5.92 Å². The molecular formula is C17H20N8O. The van der Waals surface area contributed by atoms with Crippen LogP contribution in [-0.4, -0.2) is 55.7 Å². The van der Waals surface area contributed by atoms with E-state index in [1.165, 1.54) is 6.20 Å². The summed E-state index contributed by atoms with van der Waals surface area (Å²) in [5.41, 5.74) is 1.88. The van der Waals surface area contributed by atoms with Crippen molar-refractivity contribution in [3.05, 3.63) is 36.3 Å². The summed E-state index contributed by atoms with van der Waals surface area (Å²) in [6.07, 6.45) is 8.53. The van der Waals surface area contributed by atoms with Gasteiger partial charge in [0.25, 0.3) is 5.91 Å². The van der Waals surface area contributed by atoms with Crippen molar-refractivity contribution in [1.82, 2.24) is 35.5 Å². The zero-order chi connectivity index (χ0) is 17.9. The number of aryl methyl sites for hydroxylation is 1. The Hall–Kier alpha value is -3.10. The van der Waals surface area contributed by atoms with Crippen molar-refractivity contribution < 1.29 is 4.79 Å². The Balaban J connectivity index is 1.40. The van der Waals surface area contributed by atoms with E-state index in [1.807, 2.05) is 6.92 Å². The van der Waals surface area contributed by atoms with E-state index in [-0.39, 0.29) is 5.91 Å². The Morgan fingerprint density at radius 1 is 1.27 bits per heavy atom. The summed E-state index contributed by atoms with van der Waals surface area (Å²) in [4.78, 5) is 31.3. The molecule has 26 heavy (non-hydrogen) atoms. The van der Waals surface area contributed by atoms with Crippen LogP contribution < -0.4 is 10.2 Å². The topological polar surface area (TPSA) is 113 Å². The van der Waals surface area contributed by atoms with Gasteiger partial charge in [-0.1, -0.05) is 0 Å². The lowest BCUT2D eigenvalue weighted by Crippen LogP contribution is -2.41. The molecule has 0 bridgehead atoms. The molecule has 1 saturated heterocycles. The van der Waals surface area contributed by atoms with Gasteiger partial charge in [0, 0.05) is 25.8 Å². The van der Waals surface area contributed by atoms with E-state index in [0.717, 1.165) is 48.5 Å². The van der Waals surface area contributed by atoms with Gasteiger partial charge < -0.3 is 10.2 Å². The molecule has 9 heteroatoms. The highest BCUT2D eigenvalue weighted by Crippen LogP contribution is 2.26. The summed E-state index contributed by atoms with van der Waals surface area (Å²) in [5.74, 6) is 1.06. The lowest BCUT2D eigenvalue weighted by molar-refractivity contribution is 0.0940. The third-order valence-electron chi connectivity index (χ3n) is 4.61. The van der Waals surface area contributed by atoms with Gasteiger partial charge in [0.2, 0.25) is 0 Å². The standard InChI is InChI=1S/C17H20N8O/c1-11-5-19-14(8-18-11)17(26)20-6-12-3-2-4-25(9-12)16-13-7-23-24-15(13)21-10-22-16/h5,7-8,10,12H,2-4,6,9H2,1H3,(H,20,26)(H,21,22,23,24). The molecule has 3 aromatic rings. The van der Waals surface area contributed by atoms with Gasteiger partial charge in [-0.3, -0.25) is 14.9 Å². The first-order valence-corrected chi connectivity index (χ1v) is 8.66. The van der Waals surface area contributed by atoms with Crippen LogP contribution in [0.5, 0.6) is 0 Å². The minimum absolute atomic E-state index is 0.186. The number of nitrogens with zero attached hydrogens (tertiary/aromatic N) is 6. The number of aromatic nitrogens is 6. The number of amides is 1. The van der Waals surface area contributed by atoms with Crippen LogP contribution in [0, 0.1) is 12.8 Å². The second-order valence-electron chi connectivity index (χ2n) is 6.54. The summed E-state index contributed by atoms with van der Waals surface area (Å²) in [7, 11) is 0. The Bertz CT molecular complexity index is 907. The monoisotopic (exact) mass is 352 g/mol. The van der Waals surface area contributed by atoms with Crippen LogP contribution in [0.15, 0.2) is 24.9 Å². The van der Waals surface area contributed by atoms with Crippen molar-refractivity contribution in [2.45, 2.75) is 19.8 Å². The van der Waals surface area contributed by atoms with Gasteiger partial charge in [0.15, 0.2) is 5.65 Å². The number of hydrogen-bond donors (Lipinski definition) is 2. The Morgan fingerprint density at radius 3 is 3.04 bits per heavy atom. The second-order valence-corrected chi connectivity index (χ2v) is 6.54. The van der Waals surface area contributed by atoms with Gasteiger partial charge in [-0.25, -0.2) is 15.0 Å². The molecule has 1 unspecified atom stereocenters. The summed E-state index contributed by atoms with van der Waals surface area (Å²) in [6.45, 7) is 4.21. The molecule has 0 saturated carbocycles. The van der Waals surface area contributed by atoms with E-state index in [9.17, 15) is 4.79 Å². The minimum Gasteiger partial charge on any atom is -0.356 e. The van der Waals surface area contributed by atoms with E-state index in [2.05, 4.69) is 40.3 Å². The van der Waals surface area contributed by atoms with Crippen molar-refractivity contribution >= 4 is 22.8 Å². The number of nitrogens with one attached hydrogen (secondary N) is 2. The zero-order valence-electron chi connectivity index (χ0n) is 14.5. The molecule has 3 aromatic heterocycles. The van der Waals surface area contributed by atoms with Crippen molar-refractivity contribution in [2.75, 3.05) is 24.5 Å². The van der Waals surface area contributed by atoms with Crippen LogP contribution >= 0.6 is 0 Å². The van der Waals surface area contributed by atoms with E-state index in [4.69, 9.17) is 0 Å². The van der Waals surface area contributed by atoms with E-state index >= 15 is 0 Å². The van der Waals surface area contributed by atoms with E-state index in [1.54, 1.807) is 18.7 Å². The lowest BCUT2D eigenvalue weighted by atomic mass is 9.97. The SMILES string of the molecule is Cc1cnc(C(=O)NCC2CCCN(c3ncnc4[nH]ncc34)C2)cn1. The highest BCUT2D eigenvalue weighted by Gasteiger charge is 2.23. The number of carbonyl (C=O) groups excluding carboxylic acids is 1. The average molecular weight is 352 g/mol. The maximum atomic E-state index is 12.2. The number of aromatic amines is 1. The molecule has 1 atom stereocenters. The van der Waals surface area contributed by atoms with Crippen LogP contribution in [0.2, 0.25) is 0 Å². The highest BCUT2D eigenvalue weighted by atomic mass is 16.1. The predicted octanol–water partition coefficient (Wildman–Crippen LogP) is 1.10. The molecule has 1 aliphatic rings. The molecule has 4 rings (SSSR count). The number of carbonyl (C=O) groups is 1. The third kappa shape index (κ3) is 3.32. The zero-order valence-corrected chi connectivity index (χ0v) is 14.5. The summed E-state index contributed by atoms with van der Waals surface area (Å²) >= 11 is 0. The normalized spacial score (nSPS) is 17.4. The fraction of sp³-hybridized carbons (Fsp3) is 0.412. The maximum Gasteiger partial charge on any atom is 0.271 e. The predicted molar refractivity (Wildman–Crippen MR) is 95.7 cm³/mol. The fourth-order valence-corrected chi connectivity index (χ4v) is 3.27. The van der Waals surface area contributed by atoms with Crippen LogP contribution in [0.4, 0.5) is 5.82 Å². The molecule has 9 nitrogen and oxygen atoms in total. The van der Waals surface area contributed by atoms with Gasteiger partial charge in [0.05, 0.1) is 23.5 Å². The molecule has 0 aromatic carbocycles. The number of piperidine rings is 1. The van der Waals surface area contributed by atoms with Crippen LogP contribution in [0.25, 0.3) is 11.0 Å². The van der Waals surface area contributed by atoms with E-state index in [0.29, 0.717) is 18.2 Å². The third-order valence-corrected chi connectivity index (χ3v) is 4.61. The average Bonchev–Trinajstić information content (AvgIpc) is 3.16. The fourth-order valence-electron chi connectivity index (χ4n) is 3.27. The van der Waals surface area contributed by atoms with Crippen LogP contribution in [0.3, 0.4) is 0 Å². The quantitative estimate of drug-likeness (QED) is 0.723. The highest BCUT2D eigenvalue weighted by molar-refractivity contribution is 5.91. The number of H-pyrrole nitrogens is 1. The molecule has 1 fully saturated rings. The minimum atomic E-state index is -0.186. The molecule has 0 radical (unpaired) electrons. The van der Waals surface area contributed by atoms with Gasteiger partial charge >= 0.3 is 0 Å².